The van der Waals surface area contributed by atoms with Gasteiger partial charge < -0.3 is 5.73 Å². The van der Waals surface area contributed by atoms with Crippen LogP contribution in [-0.2, 0) is 16.6 Å². The largest absolute Gasteiger partial charge is 0.396 e. The van der Waals surface area contributed by atoms with Gasteiger partial charge in [0.05, 0.1) is 27.2 Å². The van der Waals surface area contributed by atoms with Crippen LogP contribution in [0.15, 0.2) is 41.3 Å². The standard InChI is InChI=1S/C13H10F2N2O3S/c14-10-6-9(2-3-12(10)16)21(20)7-8-1-4-13(17(18)19)11(15)5-8/h1-6H,7,16H2. The van der Waals surface area contributed by atoms with Crippen molar-refractivity contribution in [2.24, 2.45) is 0 Å². The fraction of sp³-hybridized carbons (Fsp3) is 0.0769. The number of nitrogens with two attached hydrogens (primary N) is 1. The van der Waals surface area contributed by atoms with Gasteiger partial charge in [0, 0.05) is 11.0 Å². The average Bonchev–Trinajstić information content (AvgIpc) is 2.41. The van der Waals surface area contributed by atoms with Crippen LogP contribution in [0.2, 0.25) is 0 Å². The molecule has 0 bridgehead atoms. The van der Waals surface area contributed by atoms with E-state index in [2.05, 4.69) is 0 Å². The third-order valence-electron chi connectivity index (χ3n) is 2.74. The van der Waals surface area contributed by atoms with Crippen molar-refractivity contribution in [3.63, 3.8) is 0 Å². The predicted molar refractivity (Wildman–Crippen MR) is 74.0 cm³/mol. The molecule has 0 aromatic heterocycles. The van der Waals surface area contributed by atoms with Crippen LogP contribution < -0.4 is 5.73 Å². The molecule has 0 heterocycles. The lowest BCUT2D eigenvalue weighted by Gasteiger charge is -2.04. The lowest BCUT2D eigenvalue weighted by molar-refractivity contribution is -0.387. The SMILES string of the molecule is Nc1ccc(S(=O)Cc2ccc([N+](=O)[O-])c(F)c2)cc1F. The molecule has 0 aliphatic heterocycles. The quantitative estimate of drug-likeness (QED) is 0.534. The van der Waals surface area contributed by atoms with Gasteiger partial charge in [0.15, 0.2) is 0 Å². The van der Waals surface area contributed by atoms with E-state index >= 15 is 0 Å². The highest BCUT2D eigenvalue weighted by molar-refractivity contribution is 7.84. The number of nitro groups is 1. The zero-order valence-electron chi connectivity index (χ0n) is 10.6. The molecule has 8 heteroatoms. The molecule has 0 spiro atoms. The summed E-state index contributed by atoms with van der Waals surface area (Å²) < 4.78 is 38.8. The normalized spacial score (nSPS) is 12.1. The van der Waals surface area contributed by atoms with Crippen molar-refractivity contribution in [3.8, 4) is 0 Å². The molecule has 110 valence electrons. The summed E-state index contributed by atoms with van der Waals surface area (Å²) in [7, 11) is -1.61. The van der Waals surface area contributed by atoms with Gasteiger partial charge in [0.2, 0.25) is 5.82 Å². The average molecular weight is 312 g/mol. The molecule has 0 fully saturated rings. The van der Waals surface area contributed by atoms with Crippen molar-refractivity contribution in [2.45, 2.75) is 10.6 Å². The number of hydrogen-bond acceptors (Lipinski definition) is 4. The molecule has 2 N–H and O–H groups in total. The first kappa shape index (κ1) is 15.0. The summed E-state index contributed by atoms with van der Waals surface area (Å²) in [4.78, 5) is 9.87. The maximum Gasteiger partial charge on any atom is 0.304 e. The zero-order chi connectivity index (χ0) is 15.6. The van der Waals surface area contributed by atoms with Crippen LogP contribution in [0.3, 0.4) is 0 Å². The summed E-state index contributed by atoms with van der Waals surface area (Å²) in [6, 6.07) is 7.02. The molecule has 2 aromatic carbocycles. The highest BCUT2D eigenvalue weighted by Gasteiger charge is 2.15. The summed E-state index contributed by atoms with van der Waals surface area (Å²) in [5.74, 6) is -1.77. The Hall–Kier alpha value is -2.35. The second-order valence-corrected chi connectivity index (χ2v) is 5.67. The van der Waals surface area contributed by atoms with Crippen molar-refractivity contribution >= 4 is 22.2 Å². The molecule has 5 nitrogen and oxygen atoms in total. The predicted octanol–water partition coefficient (Wildman–Crippen LogP) is 2.76. The van der Waals surface area contributed by atoms with Crippen molar-refractivity contribution < 1.29 is 17.9 Å². The Morgan fingerprint density at radius 1 is 1.14 bits per heavy atom. The van der Waals surface area contributed by atoms with Crippen molar-refractivity contribution in [2.75, 3.05) is 5.73 Å². The van der Waals surface area contributed by atoms with Crippen molar-refractivity contribution in [3.05, 3.63) is 63.7 Å². The van der Waals surface area contributed by atoms with Crippen LogP contribution in [0.4, 0.5) is 20.2 Å². The number of anilines is 1. The van der Waals surface area contributed by atoms with Crippen molar-refractivity contribution in [1.29, 1.82) is 0 Å². The summed E-state index contributed by atoms with van der Waals surface area (Å²) in [6.45, 7) is 0. The second-order valence-electron chi connectivity index (χ2n) is 4.22. The maximum atomic E-state index is 13.5. The lowest BCUT2D eigenvalue weighted by Crippen LogP contribution is -2.00. The number of rotatable bonds is 4. The van der Waals surface area contributed by atoms with Gasteiger partial charge in [-0.25, -0.2) is 4.39 Å². The van der Waals surface area contributed by atoms with Gasteiger partial charge in [-0.3, -0.25) is 14.3 Å². The van der Waals surface area contributed by atoms with E-state index in [9.17, 15) is 23.1 Å². The number of hydrogen-bond donors (Lipinski definition) is 1. The van der Waals surface area contributed by atoms with Crippen molar-refractivity contribution in [1.82, 2.24) is 0 Å². The first-order valence-corrected chi connectivity index (χ1v) is 7.06. The van der Waals surface area contributed by atoms with E-state index in [0.717, 1.165) is 18.2 Å². The number of benzene rings is 2. The van der Waals surface area contributed by atoms with Gasteiger partial charge in [-0.2, -0.15) is 4.39 Å². The molecule has 0 amide bonds. The molecule has 1 unspecified atom stereocenters. The third kappa shape index (κ3) is 3.40. The number of nitro benzene ring substituents is 1. The Kier molecular flexibility index (Phi) is 4.27. The summed E-state index contributed by atoms with van der Waals surface area (Å²) in [6.07, 6.45) is 0. The Balaban J connectivity index is 2.21. The molecule has 0 aliphatic rings. The van der Waals surface area contributed by atoms with Crippen LogP contribution in [0, 0.1) is 21.7 Å². The second kappa shape index (κ2) is 5.96. The molecule has 2 aromatic rings. The number of halogens is 2. The maximum absolute atomic E-state index is 13.5. The minimum Gasteiger partial charge on any atom is -0.396 e. The van der Waals surface area contributed by atoms with Gasteiger partial charge in [-0.15, -0.1) is 0 Å². The van der Waals surface area contributed by atoms with Gasteiger partial charge in [0.25, 0.3) is 0 Å². The van der Waals surface area contributed by atoms with Crippen LogP contribution >= 0.6 is 0 Å². The van der Waals surface area contributed by atoms with Gasteiger partial charge in [-0.05, 0) is 29.8 Å². The molecular formula is C13H10F2N2O3S. The van der Waals surface area contributed by atoms with E-state index in [4.69, 9.17) is 5.73 Å². The minimum absolute atomic E-state index is 0.0582. The van der Waals surface area contributed by atoms with E-state index in [1.807, 2.05) is 0 Å². The Morgan fingerprint density at radius 3 is 2.43 bits per heavy atom. The van der Waals surface area contributed by atoms with E-state index in [0.29, 0.717) is 5.56 Å². The smallest absolute Gasteiger partial charge is 0.304 e. The van der Waals surface area contributed by atoms with Gasteiger partial charge in [0.1, 0.15) is 5.82 Å². The van der Waals surface area contributed by atoms with Crippen LogP contribution in [0.1, 0.15) is 5.56 Å². The number of nitrogens with zero attached hydrogens (tertiary/aromatic N) is 1. The lowest BCUT2D eigenvalue weighted by atomic mass is 10.2. The Bertz CT molecular complexity index is 737. The zero-order valence-corrected chi connectivity index (χ0v) is 11.4. The third-order valence-corrected chi connectivity index (χ3v) is 4.12. The first-order chi connectivity index (χ1) is 9.88. The summed E-state index contributed by atoms with van der Waals surface area (Å²) in [5, 5.41) is 10.5. The minimum atomic E-state index is -1.61. The first-order valence-electron chi connectivity index (χ1n) is 5.74. The molecular weight excluding hydrogens is 302 g/mol. The molecule has 0 saturated heterocycles. The molecule has 21 heavy (non-hydrogen) atoms. The van der Waals surface area contributed by atoms with Crippen LogP contribution in [-0.4, -0.2) is 9.13 Å². The molecule has 0 saturated carbocycles. The van der Waals surface area contributed by atoms with Crippen LogP contribution in [0.25, 0.3) is 0 Å². The Labute approximate surface area is 121 Å². The van der Waals surface area contributed by atoms with E-state index in [1.54, 1.807) is 0 Å². The van der Waals surface area contributed by atoms with E-state index in [-0.39, 0.29) is 16.3 Å². The molecule has 2 rings (SSSR count). The summed E-state index contributed by atoms with van der Waals surface area (Å²) in [5.41, 5.74) is 4.92. The topological polar surface area (TPSA) is 86.2 Å². The van der Waals surface area contributed by atoms with Gasteiger partial charge >= 0.3 is 5.69 Å². The molecule has 0 radical (unpaired) electrons. The highest BCUT2D eigenvalue weighted by atomic mass is 32.2. The monoisotopic (exact) mass is 312 g/mol. The number of nitrogen functional groups attached to an aromatic ring is 1. The van der Waals surface area contributed by atoms with E-state index < -0.39 is 33.0 Å². The van der Waals surface area contributed by atoms with E-state index in [1.165, 1.54) is 18.2 Å². The molecule has 0 aliphatic carbocycles. The van der Waals surface area contributed by atoms with Gasteiger partial charge in [-0.1, -0.05) is 6.07 Å². The fourth-order valence-electron chi connectivity index (χ4n) is 1.67. The summed E-state index contributed by atoms with van der Waals surface area (Å²) >= 11 is 0. The highest BCUT2D eigenvalue weighted by Crippen LogP contribution is 2.21. The fourth-order valence-corrected chi connectivity index (χ4v) is 2.78. The molecule has 1 atom stereocenters. The van der Waals surface area contributed by atoms with Crippen LogP contribution in [0.5, 0.6) is 0 Å². The Morgan fingerprint density at radius 2 is 1.86 bits per heavy atom.